The molecule has 0 unspecified atom stereocenters. The standard InChI is InChI=1S/C12H13N3O4S2/c1-8(16)13-9-3-5-10(6-4-9)21(17,18)15-12-14-11(19-2)7-20-12/h3-7H,1-2H3,(H,13,16)(H,14,15). The van der Waals surface area contributed by atoms with E-state index in [-0.39, 0.29) is 15.9 Å². The average molecular weight is 327 g/mol. The fourth-order valence-corrected chi connectivity index (χ4v) is 3.41. The van der Waals surface area contributed by atoms with Crippen molar-refractivity contribution in [2.75, 3.05) is 17.1 Å². The summed E-state index contributed by atoms with van der Waals surface area (Å²) in [4.78, 5) is 14.9. The lowest BCUT2D eigenvalue weighted by atomic mass is 10.3. The minimum atomic E-state index is -3.72. The minimum absolute atomic E-state index is 0.0748. The number of aromatic nitrogens is 1. The van der Waals surface area contributed by atoms with Crippen molar-refractivity contribution in [1.82, 2.24) is 4.98 Å². The molecule has 2 rings (SSSR count). The lowest BCUT2D eigenvalue weighted by Crippen LogP contribution is -2.13. The highest BCUT2D eigenvalue weighted by Crippen LogP contribution is 2.24. The summed E-state index contributed by atoms with van der Waals surface area (Å²) in [5, 5.41) is 4.38. The summed E-state index contributed by atoms with van der Waals surface area (Å²) in [5.41, 5.74) is 0.525. The Balaban J connectivity index is 2.17. The number of carbonyl (C=O) groups excluding carboxylic acids is 1. The van der Waals surface area contributed by atoms with Gasteiger partial charge in [-0.05, 0) is 24.3 Å². The number of nitrogens with one attached hydrogen (secondary N) is 2. The molecule has 0 aliphatic carbocycles. The number of carbonyl (C=O) groups is 1. The minimum Gasteiger partial charge on any atom is -0.480 e. The first kappa shape index (κ1) is 15.3. The second kappa shape index (κ2) is 6.10. The van der Waals surface area contributed by atoms with Gasteiger partial charge in [-0.2, -0.15) is 4.98 Å². The first-order chi connectivity index (χ1) is 9.90. The molecule has 0 bridgehead atoms. The van der Waals surface area contributed by atoms with Crippen LogP contribution in [0.15, 0.2) is 34.5 Å². The molecule has 9 heteroatoms. The maximum Gasteiger partial charge on any atom is 0.263 e. The predicted octanol–water partition coefficient (Wildman–Crippen LogP) is 1.91. The Bertz CT molecular complexity index is 738. The number of sulfonamides is 1. The van der Waals surface area contributed by atoms with E-state index in [9.17, 15) is 13.2 Å². The normalized spacial score (nSPS) is 11.0. The lowest BCUT2D eigenvalue weighted by Gasteiger charge is -2.06. The summed E-state index contributed by atoms with van der Waals surface area (Å²) in [6, 6.07) is 5.83. The van der Waals surface area contributed by atoms with Gasteiger partial charge in [-0.3, -0.25) is 9.52 Å². The molecule has 112 valence electrons. The molecule has 0 saturated carbocycles. The summed E-state index contributed by atoms with van der Waals surface area (Å²) < 4.78 is 31.6. The Labute approximate surface area is 126 Å². The Hall–Kier alpha value is -2.13. The van der Waals surface area contributed by atoms with Crippen molar-refractivity contribution in [2.45, 2.75) is 11.8 Å². The number of benzene rings is 1. The Kier molecular flexibility index (Phi) is 4.43. The molecule has 1 aromatic carbocycles. The second-order valence-electron chi connectivity index (χ2n) is 4.01. The van der Waals surface area contributed by atoms with Crippen LogP contribution in [0.3, 0.4) is 0 Å². The third-order valence-electron chi connectivity index (χ3n) is 2.40. The zero-order chi connectivity index (χ0) is 15.5. The number of amides is 1. The van der Waals surface area contributed by atoms with E-state index in [0.717, 1.165) is 11.3 Å². The van der Waals surface area contributed by atoms with Gasteiger partial charge in [-0.1, -0.05) is 0 Å². The number of hydrogen-bond acceptors (Lipinski definition) is 6. The molecule has 1 heterocycles. The first-order valence-electron chi connectivity index (χ1n) is 5.81. The Morgan fingerprint density at radius 2 is 1.95 bits per heavy atom. The van der Waals surface area contributed by atoms with E-state index in [1.165, 1.54) is 38.3 Å². The van der Waals surface area contributed by atoms with Crippen molar-refractivity contribution in [3.63, 3.8) is 0 Å². The highest BCUT2D eigenvalue weighted by Gasteiger charge is 2.16. The zero-order valence-electron chi connectivity index (χ0n) is 11.3. The van der Waals surface area contributed by atoms with E-state index in [1.54, 1.807) is 5.38 Å². The van der Waals surface area contributed by atoms with Gasteiger partial charge in [-0.25, -0.2) is 8.42 Å². The maximum atomic E-state index is 12.2. The quantitative estimate of drug-likeness (QED) is 0.874. The monoisotopic (exact) mass is 327 g/mol. The van der Waals surface area contributed by atoms with E-state index < -0.39 is 10.0 Å². The van der Waals surface area contributed by atoms with E-state index in [0.29, 0.717) is 11.6 Å². The van der Waals surface area contributed by atoms with E-state index in [1.807, 2.05) is 0 Å². The number of rotatable bonds is 5. The van der Waals surface area contributed by atoms with Crippen LogP contribution >= 0.6 is 11.3 Å². The Morgan fingerprint density at radius 3 is 2.48 bits per heavy atom. The summed E-state index contributed by atoms with van der Waals surface area (Å²) in [7, 11) is -2.27. The second-order valence-corrected chi connectivity index (χ2v) is 6.55. The molecular weight excluding hydrogens is 314 g/mol. The largest absolute Gasteiger partial charge is 0.480 e. The summed E-state index contributed by atoms with van der Waals surface area (Å²) >= 11 is 1.12. The third kappa shape index (κ3) is 3.92. The highest BCUT2D eigenvalue weighted by molar-refractivity contribution is 7.93. The molecule has 0 fully saturated rings. The van der Waals surface area contributed by atoms with Crippen LogP contribution in [0.1, 0.15) is 6.92 Å². The summed E-state index contributed by atoms with van der Waals surface area (Å²) in [5.74, 6) is 0.123. The van der Waals surface area contributed by atoms with Crippen molar-refractivity contribution >= 4 is 38.1 Å². The molecule has 1 aromatic heterocycles. The van der Waals surface area contributed by atoms with Crippen molar-refractivity contribution in [1.29, 1.82) is 0 Å². The topological polar surface area (TPSA) is 97.4 Å². The van der Waals surface area contributed by atoms with Gasteiger partial charge in [0, 0.05) is 12.6 Å². The van der Waals surface area contributed by atoms with Crippen LogP contribution in [0.25, 0.3) is 0 Å². The van der Waals surface area contributed by atoms with Crippen molar-refractivity contribution in [2.24, 2.45) is 0 Å². The predicted molar refractivity (Wildman–Crippen MR) is 80.2 cm³/mol. The SMILES string of the molecule is COc1csc(NS(=O)(=O)c2ccc(NC(C)=O)cc2)n1. The lowest BCUT2D eigenvalue weighted by molar-refractivity contribution is -0.114. The van der Waals surface area contributed by atoms with Gasteiger partial charge >= 0.3 is 0 Å². The van der Waals surface area contributed by atoms with Crippen LogP contribution in [0.2, 0.25) is 0 Å². The van der Waals surface area contributed by atoms with E-state index >= 15 is 0 Å². The number of methoxy groups -OCH3 is 1. The van der Waals surface area contributed by atoms with E-state index in [2.05, 4.69) is 15.0 Å². The van der Waals surface area contributed by atoms with Gasteiger partial charge in [0.2, 0.25) is 11.8 Å². The van der Waals surface area contributed by atoms with Gasteiger partial charge in [0.05, 0.1) is 17.4 Å². The molecule has 0 saturated heterocycles. The molecule has 2 aromatic rings. The van der Waals surface area contributed by atoms with Gasteiger partial charge in [0.15, 0.2) is 5.13 Å². The molecule has 0 radical (unpaired) electrons. The molecule has 7 nitrogen and oxygen atoms in total. The van der Waals surface area contributed by atoms with Crippen LogP contribution in [0.4, 0.5) is 10.8 Å². The Morgan fingerprint density at radius 1 is 1.29 bits per heavy atom. The van der Waals surface area contributed by atoms with Gasteiger partial charge in [-0.15, -0.1) is 11.3 Å². The molecule has 0 spiro atoms. The molecular formula is C12H13N3O4S2. The summed E-state index contributed by atoms with van der Waals surface area (Å²) in [6.45, 7) is 1.38. The summed E-state index contributed by atoms with van der Waals surface area (Å²) in [6.07, 6.45) is 0. The smallest absolute Gasteiger partial charge is 0.263 e. The zero-order valence-corrected chi connectivity index (χ0v) is 12.9. The van der Waals surface area contributed by atoms with Crippen LogP contribution in [-0.4, -0.2) is 26.4 Å². The first-order valence-corrected chi connectivity index (χ1v) is 8.17. The third-order valence-corrected chi connectivity index (χ3v) is 4.62. The number of anilines is 2. The number of ether oxygens (including phenoxy) is 1. The van der Waals surface area contributed by atoms with Gasteiger partial charge in [0.1, 0.15) is 0 Å². The molecule has 2 N–H and O–H groups in total. The van der Waals surface area contributed by atoms with Crippen molar-refractivity contribution in [3.05, 3.63) is 29.6 Å². The van der Waals surface area contributed by atoms with Crippen LogP contribution in [0.5, 0.6) is 5.88 Å². The van der Waals surface area contributed by atoms with Crippen molar-refractivity contribution in [3.8, 4) is 5.88 Å². The number of nitrogens with zero attached hydrogens (tertiary/aromatic N) is 1. The molecule has 1 amide bonds. The van der Waals surface area contributed by atoms with Crippen molar-refractivity contribution < 1.29 is 17.9 Å². The number of hydrogen-bond donors (Lipinski definition) is 2. The van der Waals surface area contributed by atoms with Gasteiger partial charge < -0.3 is 10.1 Å². The highest BCUT2D eigenvalue weighted by atomic mass is 32.2. The molecule has 21 heavy (non-hydrogen) atoms. The molecule has 0 atom stereocenters. The molecule has 0 aliphatic rings. The fourth-order valence-electron chi connectivity index (χ4n) is 1.49. The van der Waals surface area contributed by atoms with E-state index in [4.69, 9.17) is 4.74 Å². The maximum absolute atomic E-state index is 12.2. The van der Waals surface area contributed by atoms with Crippen LogP contribution in [0, 0.1) is 0 Å². The van der Waals surface area contributed by atoms with Gasteiger partial charge in [0.25, 0.3) is 10.0 Å². The fraction of sp³-hybridized carbons (Fsp3) is 0.167. The average Bonchev–Trinajstić information content (AvgIpc) is 2.85. The molecule has 0 aliphatic heterocycles. The number of thiazole rings is 1. The van der Waals surface area contributed by atoms with Crippen LogP contribution in [-0.2, 0) is 14.8 Å². The van der Waals surface area contributed by atoms with Crippen LogP contribution < -0.4 is 14.8 Å².